The highest BCUT2D eigenvalue weighted by Gasteiger charge is 2.26. The smallest absolute Gasteiger partial charge is 0.339 e. The Labute approximate surface area is 109 Å². The summed E-state index contributed by atoms with van der Waals surface area (Å²) in [5, 5.41) is 10.4. The molecule has 5 nitrogen and oxygen atoms in total. The molecular weight excluding hydrogens is 260 g/mol. The maximum atomic E-state index is 11.5. The Kier molecular flexibility index (Phi) is 4.06. The number of aliphatic hydroxyl groups is 1. The van der Waals surface area contributed by atoms with Gasteiger partial charge >= 0.3 is 5.97 Å². The number of rotatable bonds is 3. The maximum absolute atomic E-state index is 11.5. The van der Waals surface area contributed by atoms with E-state index in [-0.39, 0.29) is 13.4 Å². The molecule has 0 bridgehead atoms. The zero-order valence-corrected chi connectivity index (χ0v) is 10.6. The van der Waals surface area contributed by atoms with Crippen LogP contribution in [-0.2, 0) is 20.9 Å². The lowest BCUT2D eigenvalue weighted by Crippen LogP contribution is -2.19. The number of esters is 1. The number of carbonyl (C=O) groups excluding carboxylic acids is 1. The number of carbonyl (C=O) groups is 1. The molecule has 1 aliphatic heterocycles. The van der Waals surface area contributed by atoms with Crippen molar-refractivity contribution in [3.63, 3.8) is 0 Å². The molecule has 0 aromatic heterocycles. The third-order valence-electron chi connectivity index (χ3n) is 2.51. The number of hydrogen-bond donors (Lipinski definition) is 1. The predicted octanol–water partition coefficient (Wildman–Crippen LogP) is 1.80. The van der Waals surface area contributed by atoms with Gasteiger partial charge in [0.1, 0.15) is 5.75 Å². The molecule has 0 saturated heterocycles. The van der Waals surface area contributed by atoms with E-state index < -0.39 is 12.1 Å². The number of aliphatic hydroxyl groups excluding tert-OH is 1. The number of halogens is 1. The molecule has 2 rings (SSSR count). The minimum Gasteiger partial charge on any atom is -0.467 e. The number of ether oxygens (including phenoxy) is 3. The van der Waals surface area contributed by atoms with Gasteiger partial charge in [0.05, 0.1) is 13.2 Å². The molecule has 0 aliphatic carbocycles. The van der Waals surface area contributed by atoms with Crippen molar-refractivity contribution >= 4 is 17.6 Å². The average molecular weight is 273 g/mol. The number of hydrogen-bond acceptors (Lipinski definition) is 5. The first kappa shape index (κ1) is 13.1. The predicted molar refractivity (Wildman–Crippen MR) is 63.3 cm³/mol. The van der Waals surface area contributed by atoms with Gasteiger partial charge in [-0.05, 0) is 19.1 Å². The van der Waals surface area contributed by atoms with Crippen LogP contribution in [0.25, 0.3) is 0 Å². The summed E-state index contributed by atoms with van der Waals surface area (Å²) in [6, 6.07) is 3.17. The van der Waals surface area contributed by atoms with Crippen molar-refractivity contribution in [3.8, 4) is 5.75 Å². The molecule has 0 saturated carbocycles. The van der Waals surface area contributed by atoms with Gasteiger partial charge in [-0.1, -0.05) is 11.6 Å². The minimum atomic E-state index is -1.41. The monoisotopic (exact) mass is 272 g/mol. The van der Waals surface area contributed by atoms with Gasteiger partial charge in [-0.25, -0.2) is 4.79 Å². The van der Waals surface area contributed by atoms with Crippen LogP contribution in [-0.4, -0.2) is 24.5 Å². The molecule has 0 amide bonds. The van der Waals surface area contributed by atoms with Crippen molar-refractivity contribution in [2.24, 2.45) is 0 Å². The normalized spacial score (nSPS) is 15.5. The molecule has 98 valence electrons. The Bertz CT molecular complexity index is 460. The van der Waals surface area contributed by atoms with Crippen LogP contribution in [0.4, 0.5) is 0 Å². The lowest BCUT2D eigenvalue weighted by Gasteiger charge is -2.22. The van der Waals surface area contributed by atoms with E-state index in [1.807, 2.05) is 0 Å². The van der Waals surface area contributed by atoms with Crippen molar-refractivity contribution in [2.45, 2.75) is 19.6 Å². The summed E-state index contributed by atoms with van der Waals surface area (Å²) in [4.78, 5) is 11.5. The van der Waals surface area contributed by atoms with Crippen molar-refractivity contribution in [1.82, 2.24) is 0 Å². The van der Waals surface area contributed by atoms with Crippen molar-refractivity contribution in [3.05, 3.63) is 28.3 Å². The Morgan fingerprint density at radius 2 is 2.39 bits per heavy atom. The Morgan fingerprint density at radius 1 is 1.61 bits per heavy atom. The third-order valence-corrected chi connectivity index (χ3v) is 2.73. The largest absolute Gasteiger partial charge is 0.467 e. The van der Waals surface area contributed by atoms with Crippen LogP contribution in [0.5, 0.6) is 5.75 Å². The first-order valence-corrected chi connectivity index (χ1v) is 5.88. The van der Waals surface area contributed by atoms with E-state index in [1.165, 1.54) is 6.07 Å². The molecule has 1 aromatic rings. The summed E-state index contributed by atoms with van der Waals surface area (Å²) in [7, 11) is 0. The molecule has 1 aliphatic rings. The minimum absolute atomic E-state index is 0.0805. The van der Waals surface area contributed by atoms with Gasteiger partial charge in [0.25, 0.3) is 0 Å². The second kappa shape index (κ2) is 5.56. The molecule has 1 atom stereocenters. The van der Waals surface area contributed by atoms with E-state index >= 15 is 0 Å². The van der Waals surface area contributed by atoms with Gasteiger partial charge in [0.2, 0.25) is 0 Å². The highest BCUT2D eigenvalue weighted by Crippen LogP contribution is 2.35. The Morgan fingerprint density at radius 3 is 3.11 bits per heavy atom. The molecule has 1 unspecified atom stereocenters. The number of benzene rings is 1. The standard InChI is InChI=1S/C12H13ClO5/c1-2-17-12(15)10(14)9-4-8(13)3-7-5-16-6-18-11(7)9/h3-4,10,14H,2,5-6H2,1H3. The maximum Gasteiger partial charge on any atom is 0.339 e. The second-order valence-corrected chi connectivity index (χ2v) is 4.18. The Balaban J connectivity index is 2.37. The molecule has 18 heavy (non-hydrogen) atoms. The molecule has 0 radical (unpaired) electrons. The van der Waals surface area contributed by atoms with Crippen LogP contribution in [0.1, 0.15) is 24.2 Å². The molecular formula is C12H13ClO5. The fraction of sp³-hybridized carbons (Fsp3) is 0.417. The number of fused-ring (bicyclic) bond motifs is 1. The molecule has 1 heterocycles. The van der Waals surface area contributed by atoms with Gasteiger partial charge in [0.15, 0.2) is 12.9 Å². The van der Waals surface area contributed by atoms with Gasteiger partial charge in [0, 0.05) is 16.1 Å². The van der Waals surface area contributed by atoms with Crippen molar-refractivity contribution in [2.75, 3.05) is 13.4 Å². The zero-order chi connectivity index (χ0) is 13.1. The fourth-order valence-corrected chi connectivity index (χ4v) is 2.01. The van der Waals surface area contributed by atoms with Crippen LogP contribution in [0.15, 0.2) is 12.1 Å². The Hall–Kier alpha value is -1.30. The van der Waals surface area contributed by atoms with E-state index in [1.54, 1.807) is 13.0 Å². The van der Waals surface area contributed by atoms with Crippen molar-refractivity contribution in [1.29, 1.82) is 0 Å². The second-order valence-electron chi connectivity index (χ2n) is 3.75. The summed E-state index contributed by atoms with van der Waals surface area (Å²) < 4.78 is 15.2. The SMILES string of the molecule is CCOC(=O)C(O)c1cc(Cl)cc2c1OCOC2. The van der Waals surface area contributed by atoms with Crippen LogP contribution < -0.4 is 4.74 Å². The molecule has 1 aromatic carbocycles. The first-order chi connectivity index (χ1) is 8.63. The first-order valence-electron chi connectivity index (χ1n) is 5.51. The summed E-state index contributed by atoms with van der Waals surface area (Å²) in [5.41, 5.74) is 1.01. The third kappa shape index (κ3) is 2.58. The van der Waals surface area contributed by atoms with Crippen molar-refractivity contribution < 1.29 is 24.1 Å². The molecule has 0 fully saturated rings. The molecule has 0 spiro atoms. The van der Waals surface area contributed by atoms with Gasteiger partial charge in [-0.15, -0.1) is 0 Å². The highest BCUT2D eigenvalue weighted by molar-refractivity contribution is 6.30. The van der Waals surface area contributed by atoms with Gasteiger partial charge in [-0.2, -0.15) is 0 Å². The lowest BCUT2D eigenvalue weighted by atomic mass is 10.0. The van der Waals surface area contributed by atoms with E-state index in [9.17, 15) is 9.90 Å². The summed E-state index contributed by atoms with van der Waals surface area (Å²) in [5.74, 6) is -0.289. The van der Waals surface area contributed by atoms with E-state index in [0.29, 0.717) is 28.5 Å². The molecule has 6 heteroatoms. The van der Waals surface area contributed by atoms with Crippen LogP contribution >= 0.6 is 11.6 Å². The summed E-state index contributed by atoms with van der Waals surface area (Å²) >= 11 is 5.93. The lowest BCUT2D eigenvalue weighted by molar-refractivity contribution is -0.153. The van der Waals surface area contributed by atoms with Gasteiger partial charge in [-0.3, -0.25) is 0 Å². The summed E-state index contributed by atoms with van der Waals surface area (Å²) in [6.45, 7) is 2.28. The fourth-order valence-electron chi connectivity index (χ4n) is 1.76. The van der Waals surface area contributed by atoms with Crippen LogP contribution in [0, 0.1) is 0 Å². The zero-order valence-electron chi connectivity index (χ0n) is 9.81. The van der Waals surface area contributed by atoms with E-state index in [4.69, 9.17) is 25.8 Å². The van der Waals surface area contributed by atoms with Crippen LogP contribution in [0.3, 0.4) is 0 Å². The van der Waals surface area contributed by atoms with Gasteiger partial charge < -0.3 is 19.3 Å². The topological polar surface area (TPSA) is 65.0 Å². The average Bonchev–Trinajstić information content (AvgIpc) is 2.37. The van der Waals surface area contributed by atoms with E-state index in [0.717, 1.165) is 0 Å². The summed E-state index contributed by atoms with van der Waals surface area (Å²) in [6.07, 6.45) is -1.41. The molecule has 1 N–H and O–H groups in total. The van der Waals surface area contributed by atoms with Crippen LogP contribution in [0.2, 0.25) is 5.02 Å². The highest BCUT2D eigenvalue weighted by atomic mass is 35.5. The van der Waals surface area contributed by atoms with E-state index in [2.05, 4.69) is 0 Å². The quantitative estimate of drug-likeness (QED) is 0.850.